The van der Waals surface area contributed by atoms with Crippen molar-refractivity contribution in [2.45, 2.75) is 303 Å². The largest absolute Gasteiger partial charge is 0.462 e. The van der Waals surface area contributed by atoms with Crippen LogP contribution in [0.1, 0.15) is 297 Å². The fourth-order valence-corrected chi connectivity index (χ4v) is 7.97. The van der Waals surface area contributed by atoms with Gasteiger partial charge in [-0.15, -0.1) is 0 Å². The first-order chi connectivity index (χ1) is 29.5. The molecular formula is C54H102O6. The number of allylic oxidation sites excluding steroid dienone is 2. The highest BCUT2D eigenvalue weighted by atomic mass is 16.6. The SMILES string of the molecule is CCCCCC/C=C\CCCCCCCCCC(=O)OCC(COC(=O)CCCCCCCCCCCCCCC)OC(=O)CCCCCCCCCCCCCCCC. The van der Waals surface area contributed by atoms with Gasteiger partial charge < -0.3 is 14.2 Å². The third-order valence-corrected chi connectivity index (χ3v) is 12.0. The van der Waals surface area contributed by atoms with Crippen molar-refractivity contribution in [3.8, 4) is 0 Å². The van der Waals surface area contributed by atoms with E-state index in [4.69, 9.17) is 14.2 Å². The van der Waals surface area contributed by atoms with Crippen LogP contribution in [0, 0.1) is 0 Å². The van der Waals surface area contributed by atoms with Gasteiger partial charge in [0.25, 0.3) is 0 Å². The lowest BCUT2D eigenvalue weighted by molar-refractivity contribution is -0.167. The van der Waals surface area contributed by atoms with Gasteiger partial charge in [0, 0.05) is 19.3 Å². The molecule has 0 spiro atoms. The molecule has 0 saturated carbocycles. The fourth-order valence-electron chi connectivity index (χ4n) is 7.97. The fraction of sp³-hybridized carbons (Fsp3) is 0.907. The molecule has 0 heterocycles. The summed E-state index contributed by atoms with van der Waals surface area (Å²) in [5, 5.41) is 0. The number of hydrogen-bond donors (Lipinski definition) is 0. The topological polar surface area (TPSA) is 78.9 Å². The highest BCUT2D eigenvalue weighted by Gasteiger charge is 2.19. The number of carbonyl (C=O) groups excluding carboxylic acids is 3. The molecule has 0 bridgehead atoms. The molecule has 0 rings (SSSR count). The Balaban J connectivity index is 4.33. The lowest BCUT2D eigenvalue weighted by Crippen LogP contribution is -2.30. The van der Waals surface area contributed by atoms with Gasteiger partial charge in [0.05, 0.1) is 0 Å². The maximum absolute atomic E-state index is 12.8. The molecule has 0 fully saturated rings. The van der Waals surface area contributed by atoms with Crippen molar-refractivity contribution in [1.29, 1.82) is 0 Å². The molecule has 354 valence electrons. The molecule has 6 heteroatoms. The predicted octanol–water partition coefficient (Wildman–Crippen LogP) is 17.4. The van der Waals surface area contributed by atoms with Gasteiger partial charge in [0.15, 0.2) is 6.10 Å². The summed E-state index contributed by atoms with van der Waals surface area (Å²) in [6, 6.07) is 0. The van der Waals surface area contributed by atoms with Crippen molar-refractivity contribution in [1.82, 2.24) is 0 Å². The van der Waals surface area contributed by atoms with Gasteiger partial charge in [-0.3, -0.25) is 14.4 Å². The van der Waals surface area contributed by atoms with Crippen LogP contribution in [0.3, 0.4) is 0 Å². The van der Waals surface area contributed by atoms with E-state index >= 15 is 0 Å². The minimum absolute atomic E-state index is 0.0657. The predicted molar refractivity (Wildman–Crippen MR) is 256 cm³/mol. The first-order valence-corrected chi connectivity index (χ1v) is 26.7. The maximum Gasteiger partial charge on any atom is 0.306 e. The maximum atomic E-state index is 12.8. The molecular weight excluding hydrogens is 745 g/mol. The number of rotatable bonds is 49. The van der Waals surface area contributed by atoms with E-state index in [9.17, 15) is 14.4 Å². The van der Waals surface area contributed by atoms with Crippen molar-refractivity contribution in [3.63, 3.8) is 0 Å². The summed E-state index contributed by atoms with van der Waals surface area (Å²) in [7, 11) is 0. The Labute approximate surface area is 373 Å². The van der Waals surface area contributed by atoms with Gasteiger partial charge in [-0.2, -0.15) is 0 Å². The van der Waals surface area contributed by atoms with Gasteiger partial charge in [0.2, 0.25) is 0 Å². The zero-order valence-electron chi connectivity index (χ0n) is 40.5. The molecule has 0 aliphatic rings. The lowest BCUT2D eigenvalue weighted by Gasteiger charge is -2.18. The van der Waals surface area contributed by atoms with E-state index in [-0.39, 0.29) is 31.1 Å². The molecule has 0 saturated heterocycles. The van der Waals surface area contributed by atoms with Crippen LogP contribution in [0.2, 0.25) is 0 Å². The summed E-state index contributed by atoms with van der Waals surface area (Å²) in [6.45, 7) is 6.66. The zero-order valence-corrected chi connectivity index (χ0v) is 40.5. The van der Waals surface area contributed by atoms with Gasteiger partial charge in [-0.25, -0.2) is 0 Å². The molecule has 60 heavy (non-hydrogen) atoms. The Kier molecular flexibility index (Phi) is 48.3. The van der Waals surface area contributed by atoms with E-state index in [2.05, 4.69) is 32.9 Å². The van der Waals surface area contributed by atoms with Crippen LogP contribution in [-0.2, 0) is 28.6 Å². The Morgan fingerprint density at radius 1 is 0.317 bits per heavy atom. The summed E-state index contributed by atoms with van der Waals surface area (Å²) in [5.74, 6) is -0.851. The van der Waals surface area contributed by atoms with Crippen molar-refractivity contribution in [2.75, 3.05) is 13.2 Å². The number of carbonyl (C=O) groups is 3. The number of unbranched alkanes of at least 4 members (excludes halogenated alkanes) is 36. The highest BCUT2D eigenvalue weighted by Crippen LogP contribution is 2.16. The highest BCUT2D eigenvalue weighted by molar-refractivity contribution is 5.71. The molecule has 0 aliphatic heterocycles. The smallest absolute Gasteiger partial charge is 0.306 e. The van der Waals surface area contributed by atoms with Gasteiger partial charge in [0.1, 0.15) is 13.2 Å². The number of esters is 3. The Morgan fingerprint density at radius 2 is 0.550 bits per heavy atom. The first kappa shape index (κ1) is 58.1. The van der Waals surface area contributed by atoms with Crippen molar-refractivity contribution >= 4 is 17.9 Å². The third-order valence-electron chi connectivity index (χ3n) is 12.0. The van der Waals surface area contributed by atoms with Crippen LogP contribution in [-0.4, -0.2) is 37.2 Å². The molecule has 0 amide bonds. The molecule has 0 radical (unpaired) electrons. The van der Waals surface area contributed by atoms with Crippen molar-refractivity contribution in [3.05, 3.63) is 12.2 Å². The van der Waals surface area contributed by atoms with Gasteiger partial charge in [-0.1, -0.05) is 245 Å². The molecule has 0 aromatic heterocycles. The van der Waals surface area contributed by atoms with Gasteiger partial charge in [-0.05, 0) is 44.9 Å². The molecule has 6 nitrogen and oxygen atoms in total. The Morgan fingerprint density at radius 3 is 0.850 bits per heavy atom. The van der Waals surface area contributed by atoms with Crippen LogP contribution < -0.4 is 0 Å². The molecule has 1 unspecified atom stereocenters. The van der Waals surface area contributed by atoms with E-state index in [1.54, 1.807) is 0 Å². The van der Waals surface area contributed by atoms with Crippen LogP contribution in [0.25, 0.3) is 0 Å². The molecule has 0 N–H and O–H groups in total. The standard InChI is InChI=1S/C54H102O6/c1-4-7-10-13-16-19-22-25-27-30-32-35-38-41-44-47-53(56)59-50-51(49-58-52(55)46-43-40-37-34-31-28-24-21-18-15-12-9-6-3)60-54(57)48-45-42-39-36-33-29-26-23-20-17-14-11-8-5-2/h19,22,51H,4-18,20-21,23-50H2,1-3H3/b22-19-. The average Bonchev–Trinajstić information content (AvgIpc) is 3.24. The van der Waals surface area contributed by atoms with Crippen LogP contribution in [0.4, 0.5) is 0 Å². The van der Waals surface area contributed by atoms with Crippen molar-refractivity contribution in [2.24, 2.45) is 0 Å². The lowest BCUT2D eigenvalue weighted by atomic mass is 10.0. The molecule has 0 aromatic carbocycles. The summed E-state index contributed by atoms with van der Waals surface area (Å²) < 4.78 is 16.8. The monoisotopic (exact) mass is 847 g/mol. The van der Waals surface area contributed by atoms with E-state index in [1.165, 1.54) is 199 Å². The Hall–Kier alpha value is -1.85. The van der Waals surface area contributed by atoms with Gasteiger partial charge >= 0.3 is 17.9 Å². The summed E-state index contributed by atoms with van der Waals surface area (Å²) in [6.07, 6.45) is 54.7. The zero-order chi connectivity index (χ0) is 43.7. The minimum atomic E-state index is -0.764. The van der Waals surface area contributed by atoms with Crippen molar-refractivity contribution < 1.29 is 28.6 Å². The second-order valence-corrected chi connectivity index (χ2v) is 18.2. The van der Waals surface area contributed by atoms with E-state index in [1.807, 2.05) is 0 Å². The van der Waals surface area contributed by atoms with Crippen LogP contribution in [0.15, 0.2) is 12.2 Å². The summed E-state index contributed by atoms with van der Waals surface area (Å²) >= 11 is 0. The second kappa shape index (κ2) is 49.8. The first-order valence-electron chi connectivity index (χ1n) is 26.7. The second-order valence-electron chi connectivity index (χ2n) is 18.2. The Bertz CT molecular complexity index is 931. The molecule has 0 aliphatic carbocycles. The van der Waals surface area contributed by atoms with E-state index in [0.717, 1.165) is 57.8 Å². The summed E-state index contributed by atoms with van der Waals surface area (Å²) in [4.78, 5) is 38.0. The third kappa shape index (κ3) is 47.2. The van der Waals surface area contributed by atoms with Crippen LogP contribution >= 0.6 is 0 Å². The normalized spacial score (nSPS) is 12.0. The number of hydrogen-bond acceptors (Lipinski definition) is 6. The average molecular weight is 847 g/mol. The van der Waals surface area contributed by atoms with E-state index < -0.39 is 6.10 Å². The molecule has 0 aromatic rings. The molecule has 1 atom stereocenters. The quantitative estimate of drug-likeness (QED) is 0.0263. The number of ether oxygens (including phenoxy) is 3. The minimum Gasteiger partial charge on any atom is -0.462 e. The van der Waals surface area contributed by atoms with E-state index in [0.29, 0.717) is 19.3 Å². The summed E-state index contributed by atoms with van der Waals surface area (Å²) in [5.41, 5.74) is 0. The van der Waals surface area contributed by atoms with Crippen LogP contribution in [0.5, 0.6) is 0 Å².